The van der Waals surface area contributed by atoms with Crippen molar-refractivity contribution in [3.05, 3.63) is 72.6 Å². The third kappa shape index (κ3) is 3.06. The maximum atomic E-state index is 13.4. The molecule has 0 spiro atoms. The van der Waals surface area contributed by atoms with Crippen LogP contribution < -0.4 is 0 Å². The standard InChI is InChI=1S/C23H24N2O3S/c26-23(20-8-4-12-24-14-20)11-3-7-19-15-25(16-22(19)23)29(27,28)21-10-9-17-5-1-2-6-18(17)13-21/h1-2,4-6,8-10,12-14,19,22,26H,3,7,11,15-16H2/t19-,22-,23+/m0/s1. The number of rotatable bonds is 3. The van der Waals surface area contributed by atoms with Crippen LogP contribution in [0.1, 0.15) is 24.8 Å². The van der Waals surface area contributed by atoms with E-state index in [0.717, 1.165) is 29.2 Å². The summed E-state index contributed by atoms with van der Waals surface area (Å²) in [5, 5.41) is 13.5. The summed E-state index contributed by atoms with van der Waals surface area (Å²) in [6, 6.07) is 16.8. The van der Waals surface area contributed by atoms with E-state index in [1.165, 1.54) is 0 Å². The molecule has 1 saturated heterocycles. The smallest absolute Gasteiger partial charge is 0.243 e. The van der Waals surface area contributed by atoms with Gasteiger partial charge in [-0.3, -0.25) is 4.98 Å². The molecule has 2 heterocycles. The molecule has 1 aromatic heterocycles. The molecule has 5 nitrogen and oxygen atoms in total. The molecule has 0 bridgehead atoms. The average molecular weight is 409 g/mol. The van der Waals surface area contributed by atoms with Crippen LogP contribution in [0, 0.1) is 11.8 Å². The topological polar surface area (TPSA) is 70.5 Å². The van der Waals surface area contributed by atoms with E-state index in [9.17, 15) is 13.5 Å². The van der Waals surface area contributed by atoms with Crippen LogP contribution in [0.3, 0.4) is 0 Å². The molecule has 0 unspecified atom stereocenters. The van der Waals surface area contributed by atoms with Crippen molar-refractivity contribution in [3.63, 3.8) is 0 Å². The second-order valence-electron chi connectivity index (χ2n) is 8.26. The van der Waals surface area contributed by atoms with Crippen LogP contribution in [0.4, 0.5) is 0 Å². The third-order valence-corrected chi connectivity index (χ3v) is 8.50. The zero-order valence-corrected chi connectivity index (χ0v) is 16.9. The summed E-state index contributed by atoms with van der Waals surface area (Å²) >= 11 is 0. The number of benzene rings is 2. The van der Waals surface area contributed by atoms with Crippen LogP contribution in [0.5, 0.6) is 0 Å². The first-order valence-electron chi connectivity index (χ1n) is 10.1. The van der Waals surface area contributed by atoms with Gasteiger partial charge in [0.15, 0.2) is 0 Å². The molecule has 2 fully saturated rings. The molecule has 5 rings (SSSR count). The average Bonchev–Trinajstić information content (AvgIpc) is 3.21. The van der Waals surface area contributed by atoms with Gasteiger partial charge in [-0.15, -0.1) is 0 Å². The molecule has 1 N–H and O–H groups in total. The van der Waals surface area contributed by atoms with E-state index in [-0.39, 0.29) is 11.8 Å². The van der Waals surface area contributed by atoms with Gasteiger partial charge in [-0.25, -0.2) is 8.42 Å². The number of fused-ring (bicyclic) bond motifs is 2. The molecule has 29 heavy (non-hydrogen) atoms. The third-order valence-electron chi connectivity index (χ3n) is 6.67. The van der Waals surface area contributed by atoms with Crippen molar-refractivity contribution in [2.75, 3.05) is 13.1 Å². The van der Waals surface area contributed by atoms with Crippen LogP contribution in [0.25, 0.3) is 10.8 Å². The van der Waals surface area contributed by atoms with E-state index in [0.29, 0.717) is 24.4 Å². The van der Waals surface area contributed by atoms with E-state index >= 15 is 0 Å². The summed E-state index contributed by atoms with van der Waals surface area (Å²) in [5.41, 5.74) is -0.232. The van der Waals surface area contributed by atoms with Gasteiger partial charge in [0.25, 0.3) is 0 Å². The molecule has 1 aliphatic carbocycles. The van der Waals surface area contributed by atoms with Gasteiger partial charge in [0.2, 0.25) is 10.0 Å². The Morgan fingerprint density at radius 1 is 1.03 bits per heavy atom. The summed E-state index contributed by atoms with van der Waals surface area (Å²) in [7, 11) is -3.61. The maximum absolute atomic E-state index is 13.4. The quantitative estimate of drug-likeness (QED) is 0.720. The number of aromatic nitrogens is 1. The lowest BCUT2D eigenvalue weighted by Crippen LogP contribution is -2.43. The SMILES string of the molecule is O=S(=O)(c1ccc2ccccc2c1)N1C[C@@H]2CCC[C@@](O)(c3cccnc3)[C@H]2C1. The van der Waals surface area contributed by atoms with Crippen molar-refractivity contribution >= 4 is 20.8 Å². The number of nitrogens with zero attached hydrogens (tertiary/aromatic N) is 2. The summed E-state index contributed by atoms with van der Waals surface area (Å²) < 4.78 is 28.4. The van der Waals surface area contributed by atoms with Gasteiger partial charge in [0.05, 0.1) is 10.5 Å². The summed E-state index contributed by atoms with van der Waals surface area (Å²) in [5.74, 6) is 0.0415. The van der Waals surface area contributed by atoms with E-state index in [1.807, 2.05) is 42.5 Å². The highest BCUT2D eigenvalue weighted by molar-refractivity contribution is 7.89. The first-order valence-corrected chi connectivity index (χ1v) is 11.5. The predicted molar refractivity (Wildman–Crippen MR) is 112 cm³/mol. The van der Waals surface area contributed by atoms with Gasteiger partial charge >= 0.3 is 0 Å². The highest BCUT2D eigenvalue weighted by Gasteiger charge is 2.52. The summed E-state index contributed by atoms with van der Waals surface area (Å²) in [6.07, 6.45) is 5.87. The fourth-order valence-corrected chi connectivity index (χ4v) is 6.69. The Morgan fingerprint density at radius 2 is 1.86 bits per heavy atom. The highest BCUT2D eigenvalue weighted by atomic mass is 32.2. The molecule has 2 aliphatic rings. The van der Waals surface area contributed by atoms with Gasteiger partial charge in [-0.1, -0.05) is 36.4 Å². The van der Waals surface area contributed by atoms with Gasteiger partial charge in [0, 0.05) is 37.0 Å². The molecule has 0 radical (unpaired) electrons. The molecule has 6 heteroatoms. The Hall–Kier alpha value is -2.28. The fraction of sp³-hybridized carbons (Fsp3) is 0.348. The van der Waals surface area contributed by atoms with Crippen LogP contribution in [-0.2, 0) is 15.6 Å². The minimum Gasteiger partial charge on any atom is -0.385 e. The van der Waals surface area contributed by atoms with Crippen molar-refractivity contribution < 1.29 is 13.5 Å². The van der Waals surface area contributed by atoms with Crippen molar-refractivity contribution in [2.24, 2.45) is 11.8 Å². The Labute approximate surface area is 171 Å². The number of hydrogen-bond donors (Lipinski definition) is 1. The minimum atomic E-state index is -3.61. The van der Waals surface area contributed by atoms with Crippen molar-refractivity contribution in [1.82, 2.24) is 9.29 Å². The zero-order valence-electron chi connectivity index (χ0n) is 16.1. The number of sulfonamides is 1. The fourth-order valence-electron chi connectivity index (χ4n) is 5.13. The first-order chi connectivity index (χ1) is 14.0. The Kier molecular flexibility index (Phi) is 4.46. The van der Waals surface area contributed by atoms with Gasteiger partial charge < -0.3 is 5.11 Å². The maximum Gasteiger partial charge on any atom is 0.243 e. The van der Waals surface area contributed by atoms with E-state index < -0.39 is 15.6 Å². The van der Waals surface area contributed by atoms with Crippen molar-refractivity contribution in [1.29, 1.82) is 0 Å². The van der Waals surface area contributed by atoms with Crippen molar-refractivity contribution in [3.8, 4) is 0 Å². The lowest BCUT2D eigenvalue weighted by atomic mass is 9.68. The number of hydrogen-bond acceptors (Lipinski definition) is 4. The number of pyridine rings is 1. The molecule has 150 valence electrons. The minimum absolute atomic E-state index is 0.115. The lowest BCUT2D eigenvalue weighted by molar-refractivity contribution is -0.0643. The number of aliphatic hydroxyl groups is 1. The Bertz CT molecular complexity index is 1150. The molecular weight excluding hydrogens is 384 g/mol. The molecule has 1 saturated carbocycles. The summed E-state index contributed by atoms with van der Waals surface area (Å²) in [6.45, 7) is 0.799. The van der Waals surface area contributed by atoms with Crippen LogP contribution in [0.2, 0.25) is 0 Å². The van der Waals surface area contributed by atoms with Gasteiger partial charge in [0.1, 0.15) is 0 Å². The molecule has 1 aliphatic heterocycles. The van der Waals surface area contributed by atoms with Gasteiger partial charge in [-0.2, -0.15) is 4.31 Å². The monoisotopic (exact) mass is 408 g/mol. The largest absolute Gasteiger partial charge is 0.385 e. The normalized spacial score (nSPS) is 27.8. The Balaban J connectivity index is 1.48. The zero-order chi connectivity index (χ0) is 20.1. The lowest BCUT2D eigenvalue weighted by Gasteiger charge is -2.41. The second-order valence-corrected chi connectivity index (χ2v) is 10.2. The van der Waals surface area contributed by atoms with Gasteiger partial charge in [-0.05, 0) is 54.2 Å². The van der Waals surface area contributed by atoms with E-state index in [4.69, 9.17) is 0 Å². The highest BCUT2D eigenvalue weighted by Crippen LogP contribution is 2.49. The van der Waals surface area contributed by atoms with Crippen LogP contribution in [0.15, 0.2) is 71.9 Å². The van der Waals surface area contributed by atoms with Crippen LogP contribution in [-0.4, -0.2) is 35.9 Å². The van der Waals surface area contributed by atoms with E-state index in [2.05, 4.69) is 4.98 Å². The van der Waals surface area contributed by atoms with E-state index in [1.54, 1.807) is 28.8 Å². The molecule has 3 atom stereocenters. The van der Waals surface area contributed by atoms with Crippen LogP contribution >= 0.6 is 0 Å². The molecule has 2 aromatic carbocycles. The first kappa shape index (κ1) is 18.7. The molecule has 3 aromatic rings. The molecule has 0 amide bonds. The summed E-state index contributed by atoms with van der Waals surface area (Å²) in [4.78, 5) is 4.49. The Morgan fingerprint density at radius 3 is 2.66 bits per heavy atom. The van der Waals surface area contributed by atoms with Crippen molar-refractivity contribution in [2.45, 2.75) is 29.8 Å². The second kappa shape index (κ2) is 6.90. The predicted octanol–water partition coefficient (Wildman–Crippen LogP) is 3.54. The molecular formula is C23H24N2O3S.